The maximum atomic E-state index is 12.9. The van der Waals surface area contributed by atoms with Crippen LogP contribution in [-0.4, -0.2) is 57.4 Å². The van der Waals surface area contributed by atoms with E-state index in [0.717, 1.165) is 5.56 Å². The van der Waals surface area contributed by atoms with E-state index in [1.165, 1.54) is 6.08 Å². The van der Waals surface area contributed by atoms with Crippen molar-refractivity contribution in [3.05, 3.63) is 48.4 Å². The third-order valence-corrected chi connectivity index (χ3v) is 4.91. The minimum Gasteiger partial charge on any atom is -0.339 e. The van der Waals surface area contributed by atoms with Crippen LogP contribution in [0.3, 0.4) is 0 Å². The molecule has 0 unspecified atom stereocenters. The monoisotopic (exact) mass is 396 g/mol. The molecule has 0 bridgehead atoms. The lowest BCUT2D eigenvalue weighted by Gasteiger charge is -2.39. The Balaban J connectivity index is 1.68. The van der Waals surface area contributed by atoms with Crippen LogP contribution in [0.25, 0.3) is 11.4 Å². The minimum absolute atomic E-state index is 0.0451. The van der Waals surface area contributed by atoms with Crippen molar-refractivity contribution >= 4 is 11.8 Å². The van der Waals surface area contributed by atoms with Crippen LogP contribution in [-0.2, 0) is 11.2 Å². The zero-order valence-electron chi connectivity index (χ0n) is 17.5. The third-order valence-electron chi connectivity index (χ3n) is 4.91. The first-order chi connectivity index (χ1) is 13.7. The van der Waals surface area contributed by atoms with Gasteiger partial charge in [-0.1, -0.05) is 44.6 Å². The van der Waals surface area contributed by atoms with Gasteiger partial charge >= 0.3 is 0 Å². The molecule has 1 aromatic heterocycles. The van der Waals surface area contributed by atoms with Crippen LogP contribution >= 0.6 is 0 Å². The van der Waals surface area contributed by atoms with Crippen LogP contribution in [0, 0.1) is 5.41 Å². The van der Waals surface area contributed by atoms with Crippen molar-refractivity contribution in [2.75, 3.05) is 19.6 Å². The quantitative estimate of drug-likeness (QED) is 0.742. The van der Waals surface area contributed by atoms with Gasteiger partial charge in [0.2, 0.25) is 17.6 Å². The summed E-state index contributed by atoms with van der Waals surface area (Å²) in [6, 6.07) is 7.18. The first kappa shape index (κ1) is 20.8. The summed E-state index contributed by atoms with van der Waals surface area (Å²) in [6.07, 6.45) is 2.02. The molecular formula is C22H28N4O3. The highest BCUT2D eigenvalue weighted by Crippen LogP contribution is 2.23. The molecule has 1 atom stereocenters. The van der Waals surface area contributed by atoms with E-state index < -0.39 is 0 Å². The second-order valence-corrected chi connectivity index (χ2v) is 8.66. The number of benzene rings is 1. The molecule has 29 heavy (non-hydrogen) atoms. The largest absolute Gasteiger partial charge is 0.339 e. The summed E-state index contributed by atoms with van der Waals surface area (Å²) < 4.78 is 5.35. The maximum absolute atomic E-state index is 12.9. The molecule has 2 amide bonds. The summed E-state index contributed by atoms with van der Waals surface area (Å²) in [5, 5.41) is 4.05. The van der Waals surface area contributed by atoms with Crippen LogP contribution in [0.4, 0.5) is 0 Å². The van der Waals surface area contributed by atoms with Crippen LogP contribution in [0.1, 0.15) is 43.9 Å². The number of piperazine rings is 1. The molecule has 3 rings (SSSR count). The van der Waals surface area contributed by atoms with E-state index in [1.807, 2.05) is 19.1 Å². The van der Waals surface area contributed by atoms with E-state index >= 15 is 0 Å². The molecule has 7 heteroatoms. The Kier molecular flexibility index (Phi) is 5.86. The summed E-state index contributed by atoms with van der Waals surface area (Å²) in [4.78, 5) is 32.7. The molecule has 0 N–H and O–H groups in total. The third kappa shape index (κ3) is 4.91. The van der Waals surface area contributed by atoms with Gasteiger partial charge in [-0.25, -0.2) is 0 Å². The van der Waals surface area contributed by atoms with E-state index in [2.05, 4.69) is 37.5 Å². The van der Waals surface area contributed by atoms with Crippen LogP contribution < -0.4 is 0 Å². The molecule has 0 saturated carbocycles. The molecule has 0 spiro atoms. The maximum Gasteiger partial charge on any atom is 0.254 e. The Morgan fingerprint density at radius 3 is 2.52 bits per heavy atom. The number of carbonyl (C=O) groups is 2. The second-order valence-electron chi connectivity index (χ2n) is 8.66. The van der Waals surface area contributed by atoms with E-state index in [1.54, 1.807) is 21.9 Å². The zero-order valence-corrected chi connectivity index (χ0v) is 17.5. The Hall–Kier alpha value is -2.96. The molecule has 1 aromatic carbocycles. The molecule has 7 nitrogen and oxygen atoms in total. The Morgan fingerprint density at radius 2 is 1.93 bits per heavy atom. The van der Waals surface area contributed by atoms with Crippen molar-refractivity contribution in [3.8, 4) is 11.4 Å². The number of hydrogen-bond acceptors (Lipinski definition) is 5. The van der Waals surface area contributed by atoms with Gasteiger partial charge in [-0.2, -0.15) is 4.98 Å². The van der Waals surface area contributed by atoms with E-state index in [0.29, 0.717) is 43.3 Å². The van der Waals surface area contributed by atoms with Crippen molar-refractivity contribution in [1.29, 1.82) is 0 Å². The first-order valence-electron chi connectivity index (χ1n) is 9.83. The number of hydrogen-bond donors (Lipinski definition) is 0. The molecule has 2 heterocycles. The van der Waals surface area contributed by atoms with Crippen molar-refractivity contribution < 1.29 is 14.1 Å². The summed E-state index contributed by atoms with van der Waals surface area (Å²) in [6.45, 7) is 13.3. The Morgan fingerprint density at radius 1 is 1.24 bits per heavy atom. The van der Waals surface area contributed by atoms with Gasteiger partial charge in [-0.05, 0) is 30.5 Å². The fraction of sp³-hybridized carbons (Fsp3) is 0.455. The van der Waals surface area contributed by atoms with Gasteiger partial charge in [-0.3, -0.25) is 9.59 Å². The van der Waals surface area contributed by atoms with E-state index in [-0.39, 0.29) is 23.3 Å². The number of aromatic nitrogens is 2. The first-order valence-corrected chi connectivity index (χ1v) is 9.83. The van der Waals surface area contributed by atoms with Gasteiger partial charge in [0, 0.05) is 43.2 Å². The zero-order chi connectivity index (χ0) is 21.2. The van der Waals surface area contributed by atoms with Crippen LogP contribution in [0.2, 0.25) is 0 Å². The standard InChI is InChI=1S/C22H28N4O3/c1-6-19(27)25-11-12-26(15(2)14-25)21(28)17-9-7-16(8-10-17)20-23-18(29-24-20)13-22(3,4)5/h6-10,15H,1,11-14H2,2-5H3/t15-/m0/s1. The molecule has 1 aliphatic rings. The molecule has 1 aliphatic heterocycles. The topological polar surface area (TPSA) is 79.5 Å². The molecule has 2 aromatic rings. The molecule has 1 fully saturated rings. The van der Waals surface area contributed by atoms with Crippen LogP contribution in [0.15, 0.2) is 41.4 Å². The van der Waals surface area contributed by atoms with Crippen molar-refractivity contribution in [2.24, 2.45) is 5.41 Å². The van der Waals surface area contributed by atoms with Crippen molar-refractivity contribution in [2.45, 2.75) is 40.2 Å². The molecule has 0 radical (unpaired) electrons. The van der Waals surface area contributed by atoms with Crippen LogP contribution in [0.5, 0.6) is 0 Å². The Labute approximate surface area is 171 Å². The number of carbonyl (C=O) groups excluding carboxylic acids is 2. The summed E-state index contributed by atoms with van der Waals surface area (Å²) in [7, 11) is 0. The predicted molar refractivity (Wildman–Crippen MR) is 110 cm³/mol. The second kappa shape index (κ2) is 8.19. The van der Waals surface area contributed by atoms with Crippen molar-refractivity contribution in [1.82, 2.24) is 19.9 Å². The lowest BCUT2D eigenvalue weighted by Crippen LogP contribution is -2.55. The summed E-state index contributed by atoms with van der Waals surface area (Å²) >= 11 is 0. The lowest BCUT2D eigenvalue weighted by atomic mass is 9.92. The summed E-state index contributed by atoms with van der Waals surface area (Å²) in [5.74, 6) is 0.983. The minimum atomic E-state index is -0.0979. The molecule has 1 saturated heterocycles. The highest BCUT2D eigenvalue weighted by atomic mass is 16.5. The molecule has 154 valence electrons. The van der Waals surface area contributed by atoms with Crippen molar-refractivity contribution in [3.63, 3.8) is 0 Å². The molecule has 0 aliphatic carbocycles. The van der Waals surface area contributed by atoms with Gasteiger partial charge in [-0.15, -0.1) is 0 Å². The van der Waals surface area contributed by atoms with E-state index in [4.69, 9.17) is 4.52 Å². The smallest absolute Gasteiger partial charge is 0.254 e. The summed E-state index contributed by atoms with van der Waals surface area (Å²) in [5.41, 5.74) is 1.47. The average Bonchev–Trinajstić information content (AvgIpc) is 3.13. The number of nitrogens with zero attached hydrogens (tertiary/aromatic N) is 4. The van der Waals surface area contributed by atoms with Gasteiger partial charge in [0.1, 0.15) is 0 Å². The lowest BCUT2D eigenvalue weighted by molar-refractivity contribution is -0.128. The fourth-order valence-corrected chi connectivity index (χ4v) is 3.41. The SMILES string of the molecule is C=CC(=O)N1CCN(C(=O)c2ccc(-c3noc(CC(C)(C)C)n3)cc2)[C@@H](C)C1. The van der Waals surface area contributed by atoms with Gasteiger partial charge in [0.05, 0.1) is 0 Å². The normalized spacial score (nSPS) is 17.3. The Bertz CT molecular complexity index is 896. The van der Waals surface area contributed by atoms with Gasteiger partial charge in [0.25, 0.3) is 5.91 Å². The fourth-order valence-electron chi connectivity index (χ4n) is 3.41. The average molecular weight is 396 g/mol. The highest BCUT2D eigenvalue weighted by Gasteiger charge is 2.29. The highest BCUT2D eigenvalue weighted by molar-refractivity contribution is 5.95. The predicted octanol–water partition coefficient (Wildman–Crippen LogP) is 3.18. The molecular weight excluding hydrogens is 368 g/mol. The van der Waals surface area contributed by atoms with Gasteiger partial charge in [0.15, 0.2) is 0 Å². The van der Waals surface area contributed by atoms with Gasteiger partial charge < -0.3 is 14.3 Å². The number of rotatable bonds is 4. The van der Waals surface area contributed by atoms with E-state index in [9.17, 15) is 9.59 Å². The number of amides is 2.